The third-order valence-electron chi connectivity index (χ3n) is 7.17. The summed E-state index contributed by atoms with van der Waals surface area (Å²) >= 11 is 0. The van der Waals surface area contributed by atoms with E-state index in [9.17, 15) is 32.3 Å². The number of carbonyl (C=O) groups is 2. The maximum atomic E-state index is 15.0. The van der Waals surface area contributed by atoms with Crippen molar-refractivity contribution in [2.75, 3.05) is 13.2 Å². The molecule has 0 saturated carbocycles. The van der Waals surface area contributed by atoms with Gasteiger partial charge in [-0.3, -0.25) is 4.79 Å². The van der Waals surface area contributed by atoms with Gasteiger partial charge in [0.1, 0.15) is 11.6 Å². The van der Waals surface area contributed by atoms with E-state index >= 15 is 0 Å². The highest BCUT2D eigenvalue weighted by Crippen LogP contribution is 2.42. The fourth-order valence-electron chi connectivity index (χ4n) is 4.92. The summed E-state index contributed by atoms with van der Waals surface area (Å²) in [4.78, 5) is 24.6. The molecular weight excluding hydrogens is 562 g/mol. The summed E-state index contributed by atoms with van der Waals surface area (Å²) in [5.41, 5.74) is -0.703. The monoisotopic (exact) mass is 601 g/mol. The van der Waals surface area contributed by atoms with Crippen LogP contribution in [-0.4, -0.2) is 30.1 Å². The predicted octanol–water partition coefficient (Wildman–Crippen LogP) is 9.29. The van der Waals surface area contributed by atoms with Crippen LogP contribution in [0, 0.1) is 5.82 Å². The molecule has 3 rings (SSSR count). The fourth-order valence-corrected chi connectivity index (χ4v) is 4.92. The normalized spacial score (nSPS) is 11.4. The van der Waals surface area contributed by atoms with E-state index in [0.29, 0.717) is 6.54 Å². The molecule has 5 nitrogen and oxygen atoms in total. The number of aliphatic carboxylic acids is 1. The van der Waals surface area contributed by atoms with Crippen LogP contribution >= 0.6 is 0 Å². The first-order valence-electron chi connectivity index (χ1n) is 14.8. The molecule has 2 N–H and O–H groups in total. The fraction of sp³-hybridized carbons (Fsp3) is 0.412. The molecule has 0 aromatic heterocycles. The van der Waals surface area contributed by atoms with Gasteiger partial charge < -0.3 is 15.2 Å². The van der Waals surface area contributed by atoms with Crippen molar-refractivity contribution >= 4 is 11.9 Å². The number of carboxylic acid groups (broad SMARTS) is 1. The number of alkyl halides is 3. The number of carboxylic acids is 1. The Labute approximate surface area is 250 Å². The van der Waals surface area contributed by atoms with Crippen LogP contribution in [0.15, 0.2) is 60.7 Å². The van der Waals surface area contributed by atoms with Gasteiger partial charge in [-0.1, -0.05) is 95.0 Å². The maximum Gasteiger partial charge on any atom is 0.416 e. The molecule has 0 bridgehead atoms. The second-order valence-electron chi connectivity index (χ2n) is 10.6. The number of ether oxygens (including phenoxy) is 1. The molecule has 0 fully saturated rings. The lowest BCUT2D eigenvalue weighted by Gasteiger charge is -2.19. The number of rotatable bonds is 17. The van der Waals surface area contributed by atoms with Gasteiger partial charge >= 0.3 is 12.1 Å². The maximum absolute atomic E-state index is 15.0. The van der Waals surface area contributed by atoms with Crippen molar-refractivity contribution < 1.29 is 37.0 Å². The third kappa shape index (κ3) is 10.4. The number of halogens is 4. The largest absolute Gasteiger partial charge is 0.481 e. The molecule has 43 heavy (non-hydrogen) atoms. The lowest BCUT2D eigenvalue weighted by molar-refractivity contribution is -0.139. The van der Waals surface area contributed by atoms with Gasteiger partial charge in [0, 0.05) is 28.8 Å². The van der Waals surface area contributed by atoms with Gasteiger partial charge in [0.05, 0.1) is 5.56 Å². The second kappa shape index (κ2) is 16.7. The van der Waals surface area contributed by atoms with Gasteiger partial charge in [-0.05, 0) is 42.3 Å². The molecule has 0 aliphatic carbocycles. The Morgan fingerprint density at radius 2 is 1.42 bits per heavy atom. The van der Waals surface area contributed by atoms with Crippen LogP contribution < -0.4 is 10.1 Å². The zero-order chi connectivity index (χ0) is 31.2. The van der Waals surface area contributed by atoms with Crippen LogP contribution in [0.25, 0.3) is 22.3 Å². The van der Waals surface area contributed by atoms with Gasteiger partial charge in [-0.15, -0.1) is 0 Å². The number of benzene rings is 3. The summed E-state index contributed by atoms with van der Waals surface area (Å²) in [6, 6.07) is 12.8. The zero-order valence-electron chi connectivity index (χ0n) is 24.4. The van der Waals surface area contributed by atoms with Crippen molar-refractivity contribution in [3.8, 4) is 28.0 Å². The summed E-state index contributed by atoms with van der Waals surface area (Å²) in [6.45, 7) is 1.78. The van der Waals surface area contributed by atoms with Crippen molar-refractivity contribution in [1.29, 1.82) is 0 Å². The highest BCUT2D eigenvalue weighted by Gasteiger charge is 2.31. The molecule has 0 radical (unpaired) electrons. The topological polar surface area (TPSA) is 75.6 Å². The molecule has 1 amide bonds. The molecule has 0 heterocycles. The van der Waals surface area contributed by atoms with Crippen LogP contribution in [0.3, 0.4) is 0 Å². The lowest BCUT2D eigenvalue weighted by atomic mass is 9.93. The molecule has 3 aromatic carbocycles. The van der Waals surface area contributed by atoms with Crippen molar-refractivity contribution in [3.05, 3.63) is 77.6 Å². The van der Waals surface area contributed by atoms with E-state index in [1.54, 1.807) is 6.07 Å². The second-order valence-corrected chi connectivity index (χ2v) is 10.6. The number of amides is 1. The van der Waals surface area contributed by atoms with E-state index in [0.717, 1.165) is 37.8 Å². The Bertz CT molecular complexity index is 1360. The first-order chi connectivity index (χ1) is 20.6. The van der Waals surface area contributed by atoms with E-state index in [1.807, 2.05) is 0 Å². The molecule has 0 aliphatic heterocycles. The van der Waals surface area contributed by atoms with Crippen LogP contribution in [-0.2, 0) is 11.0 Å². The van der Waals surface area contributed by atoms with E-state index in [1.165, 1.54) is 81.0 Å². The molecule has 9 heteroatoms. The zero-order valence-corrected chi connectivity index (χ0v) is 24.4. The average Bonchev–Trinajstić information content (AvgIpc) is 2.98. The predicted molar refractivity (Wildman–Crippen MR) is 160 cm³/mol. The number of nitrogens with one attached hydrogen (secondary N) is 1. The molecule has 3 aromatic rings. The van der Waals surface area contributed by atoms with Crippen molar-refractivity contribution in [3.63, 3.8) is 0 Å². The highest BCUT2D eigenvalue weighted by atomic mass is 19.4. The van der Waals surface area contributed by atoms with Crippen LogP contribution in [0.1, 0.15) is 87.1 Å². The standard InChI is InChI=1S/C34H39F4NO4/c1-2-3-4-5-6-7-8-9-10-13-19-39-33(42)25-21-28(24-15-14-16-26(20-24)34(36,37)38)32(43-23-31(40)41)29(22-25)27-17-11-12-18-30(27)35/h11-12,14-18,20-22H,2-10,13,19,23H2,1H3,(H,39,42)(H,40,41). The molecule has 232 valence electrons. The van der Waals surface area contributed by atoms with Gasteiger partial charge in [0.15, 0.2) is 6.61 Å². The summed E-state index contributed by atoms with van der Waals surface area (Å²) in [6.07, 6.45) is 6.77. The van der Waals surface area contributed by atoms with Crippen LogP contribution in [0.5, 0.6) is 5.75 Å². The molecule has 0 aliphatic rings. The minimum Gasteiger partial charge on any atom is -0.481 e. The summed E-state index contributed by atoms with van der Waals surface area (Å²) in [7, 11) is 0. The van der Waals surface area contributed by atoms with Crippen LogP contribution in [0.4, 0.5) is 17.6 Å². The molecule has 0 atom stereocenters. The Kier molecular flexibility index (Phi) is 13.0. The Balaban J connectivity index is 1.86. The van der Waals surface area contributed by atoms with Crippen molar-refractivity contribution in [2.24, 2.45) is 0 Å². The highest BCUT2D eigenvalue weighted by molar-refractivity contribution is 5.99. The van der Waals surface area contributed by atoms with Crippen molar-refractivity contribution in [2.45, 2.75) is 77.3 Å². The number of hydrogen-bond acceptors (Lipinski definition) is 3. The number of hydrogen-bond donors (Lipinski definition) is 2. The third-order valence-corrected chi connectivity index (χ3v) is 7.17. The van der Waals surface area contributed by atoms with Gasteiger partial charge in [-0.2, -0.15) is 13.2 Å². The quantitative estimate of drug-likeness (QED) is 0.119. The number of carbonyl (C=O) groups excluding carboxylic acids is 1. The lowest BCUT2D eigenvalue weighted by Crippen LogP contribution is -2.24. The summed E-state index contributed by atoms with van der Waals surface area (Å²) < 4.78 is 61.2. The first-order valence-corrected chi connectivity index (χ1v) is 14.8. The van der Waals surface area contributed by atoms with Gasteiger partial charge in [-0.25, -0.2) is 9.18 Å². The minimum atomic E-state index is -4.64. The summed E-state index contributed by atoms with van der Waals surface area (Å²) in [5.74, 6) is -2.61. The Morgan fingerprint density at radius 1 is 0.791 bits per heavy atom. The molecule has 0 spiro atoms. The molecular formula is C34H39F4NO4. The minimum absolute atomic E-state index is 0.0143. The van der Waals surface area contributed by atoms with Crippen LogP contribution in [0.2, 0.25) is 0 Å². The SMILES string of the molecule is CCCCCCCCCCCCNC(=O)c1cc(-c2cccc(C(F)(F)F)c2)c(OCC(=O)O)c(-c2ccccc2F)c1. The van der Waals surface area contributed by atoms with Crippen molar-refractivity contribution in [1.82, 2.24) is 5.32 Å². The van der Waals surface area contributed by atoms with E-state index < -0.39 is 36.0 Å². The van der Waals surface area contributed by atoms with E-state index in [2.05, 4.69) is 12.2 Å². The smallest absolute Gasteiger partial charge is 0.416 e. The van der Waals surface area contributed by atoms with Gasteiger partial charge in [0.2, 0.25) is 0 Å². The average molecular weight is 602 g/mol. The molecule has 0 saturated heterocycles. The van der Waals surface area contributed by atoms with E-state index in [-0.39, 0.29) is 33.6 Å². The molecule has 0 unspecified atom stereocenters. The van der Waals surface area contributed by atoms with E-state index in [4.69, 9.17) is 4.74 Å². The Morgan fingerprint density at radius 3 is 2.05 bits per heavy atom. The van der Waals surface area contributed by atoms with Gasteiger partial charge in [0.25, 0.3) is 5.91 Å². The Hall–Kier alpha value is -3.88. The number of unbranched alkanes of at least 4 members (excludes halogenated alkanes) is 9. The summed E-state index contributed by atoms with van der Waals surface area (Å²) in [5, 5.41) is 12.1. The first kappa shape index (κ1) is 33.6.